The van der Waals surface area contributed by atoms with Crippen LogP contribution in [0.25, 0.3) is 0 Å². The summed E-state index contributed by atoms with van der Waals surface area (Å²) >= 11 is 5.24. The van der Waals surface area contributed by atoms with E-state index in [2.05, 4.69) is 15.5 Å². The molecule has 20 heavy (non-hydrogen) atoms. The van der Waals surface area contributed by atoms with Gasteiger partial charge in [-0.3, -0.25) is 0 Å². The molecule has 2 N–H and O–H groups in total. The summed E-state index contributed by atoms with van der Waals surface area (Å²) in [6.07, 6.45) is 0. The fourth-order valence-corrected chi connectivity index (χ4v) is 1.81. The average molecular weight is 297 g/mol. The lowest BCUT2D eigenvalue weighted by atomic mass is 10.3. The highest BCUT2D eigenvalue weighted by atomic mass is 32.1. The van der Waals surface area contributed by atoms with E-state index in [4.69, 9.17) is 21.7 Å². The first-order valence-electron chi connectivity index (χ1n) is 6.57. The van der Waals surface area contributed by atoms with Crippen molar-refractivity contribution in [2.75, 3.05) is 46.2 Å². The minimum Gasteiger partial charge on any atom is -0.493 e. The lowest BCUT2D eigenvalue weighted by Gasteiger charge is -2.15. The van der Waals surface area contributed by atoms with Crippen LogP contribution < -0.4 is 20.1 Å². The first-order valence-corrected chi connectivity index (χ1v) is 6.98. The molecule has 0 heterocycles. The third-order valence-corrected chi connectivity index (χ3v) is 2.81. The van der Waals surface area contributed by atoms with Gasteiger partial charge in [0.05, 0.1) is 13.7 Å². The number of anilines is 1. The van der Waals surface area contributed by atoms with E-state index in [9.17, 15) is 0 Å². The fraction of sp³-hybridized carbons (Fsp3) is 0.500. The van der Waals surface area contributed by atoms with Gasteiger partial charge in [-0.05, 0) is 45.4 Å². The SMILES string of the molecule is CCOc1ccc(NC(=S)NCCN(C)C)cc1OC. The largest absolute Gasteiger partial charge is 0.493 e. The summed E-state index contributed by atoms with van der Waals surface area (Å²) in [7, 11) is 5.67. The second-order valence-corrected chi connectivity index (χ2v) is 4.89. The number of likely N-dealkylation sites (N-methyl/N-ethyl adjacent to an activating group) is 1. The van der Waals surface area contributed by atoms with E-state index < -0.39 is 0 Å². The second-order valence-electron chi connectivity index (χ2n) is 4.48. The van der Waals surface area contributed by atoms with Gasteiger partial charge in [-0.25, -0.2) is 0 Å². The Balaban J connectivity index is 2.57. The Morgan fingerprint density at radius 1 is 1.30 bits per heavy atom. The number of nitrogens with one attached hydrogen (secondary N) is 2. The molecule has 0 aliphatic carbocycles. The van der Waals surface area contributed by atoms with E-state index in [1.54, 1.807) is 7.11 Å². The Labute approximate surface area is 126 Å². The number of methoxy groups -OCH3 is 1. The van der Waals surface area contributed by atoms with E-state index in [0.29, 0.717) is 17.5 Å². The molecule has 0 bridgehead atoms. The Bertz CT molecular complexity index is 438. The Morgan fingerprint density at radius 3 is 2.65 bits per heavy atom. The fourth-order valence-electron chi connectivity index (χ4n) is 1.59. The molecule has 0 radical (unpaired) electrons. The molecule has 0 aliphatic heterocycles. The van der Waals surface area contributed by atoms with Crippen LogP contribution in [0, 0.1) is 0 Å². The van der Waals surface area contributed by atoms with Crippen molar-refractivity contribution in [3.8, 4) is 11.5 Å². The maximum Gasteiger partial charge on any atom is 0.170 e. The molecule has 0 saturated heterocycles. The summed E-state index contributed by atoms with van der Waals surface area (Å²) in [5.41, 5.74) is 0.868. The molecule has 0 atom stereocenters. The van der Waals surface area contributed by atoms with Crippen LogP contribution in [0.1, 0.15) is 6.92 Å². The van der Waals surface area contributed by atoms with Gasteiger partial charge in [0.2, 0.25) is 0 Å². The zero-order chi connectivity index (χ0) is 15.0. The van der Waals surface area contributed by atoms with Gasteiger partial charge >= 0.3 is 0 Å². The second kappa shape index (κ2) is 8.60. The highest BCUT2D eigenvalue weighted by Crippen LogP contribution is 2.30. The van der Waals surface area contributed by atoms with E-state index in [-0.39, 0.29) is 0 Å². The number of thiocarbonyl (C=S) groups is 1. The van der Waals surface area contributed by atoms with Crippen LogP contribution >= 0.6 is 12.2 Å². The van der Waals surface area contributed by atoms with Crippen LogP contribution in [0.3, 0.4) is 0 Å². The van der Waals surface area contributed by atoms with E-state index in [1.165, 1.54) is 0 Å². The molecular weight excluding hydrogens is 274 g/mol. The number of hydrogen-bond acceptors (Lipinski definition) is 4. The van der Waals surface area contributed by atoms with E-state index in [0.717, 1.165) is 24.5 Å². The van der Waals surface area contributed by atoms with Crippen molar-refractivity contribution >= 4 is 23.0 Å². The minimum atomic E-state index is 0.595. The summed E-state index contributed by atoms with van der Waals surface area (Å²) in [4.78, 5) is 2.09. The molecule has 112 valence electrons. The van der Waals surface area contributed by atoms with E-state index >= 15 is 0 Å². The van der Waals surface area contributed by atoms with Crippen molar-refractivity contribution in [3.05, 3.63) is 18.2 Å². The molecule has 0 unspecified atom stereocenters. The number of hydrogen-bond donors (Lipinski definition) is 2. The van der Waals surface area contributed by atoms with Gasteiger partial charge in [0.15, 0.2) is 16.6 Å². The molecule has 5 nitrogen and oxygen atoms in total. The summed E-state index contributed by atoms with van der Waals surface area (Å²) in [5.74, 6) is 1.42. The molecule has 1 rings (SSSR count). The topological polar surface area (TPSA) is 45.8 Å². The van der Waals surface area contributed by atoms with Crippen molar-refractivity contribution in [2.24, 2.45) is 0 Å². The first-order chi connectivity index (χ1) is 9.56. The molecule has 0 amide bonds. The Hall–Kier alpha value is -1.53. The van der Waals surface area contributed by atoms with Gasteiger partial charge in [0.1, 0.15) is 0 Å². The molecule has 0 fully saturated rings. The first kappa shape index (κ1) is 16.5. The van der Waals surface area contributed by atoms with Gasteiger partial charge in [-0.1, -0.05) is 0 Å². The number of nitrogens with zero attached hydrogens (tertiary/aromatic N) is 1. The molecule has 0 aliphatic rings. The van der Waals surface area contributed by atoms with Crippen molar-refractivity contribution in [1.82, 2.24) is 10.2 Å². The van der Waals surface area contributed by atoms with Gasteiger partial charge < -0.3 is 25.0 Å². The maximum absolute atomic E-state index is 5.47. The summed E-state index contributed by atoms with van der Waals surface area (Å²) in [6, 6.07) is 5.64. The van der Waals surface area contributed by atoms with Gasteiger partial charge in [-0.15, -0.1) is 0 Å². The highest BCUT2D eigenvalue weighted by Gasteiger charge is 2.06. The van der Waals surface area contributed by atoms with Gasteiger partial charge in [0, 0.05) is 24.8 Å². The molecule has 0 aromatic heterocycles. The van der Waals surface area contributed by atoms with Crippen LogP contribution in [0.15, 0.2) is 18.2 Å². The molecular formula is C14H23N3O2S. The molecule has 1 aromatic carbocycles. The standard InChI is InChI=1S/C14H23N3O2S/c1-5-19-12-7-6-11(10-13(12)18-4)16-14(20)15-8-9-17(2)3/h6-7,10H,5,8-9H2,1-4H3,(H2,15,16,20). The van der Waals surface area contributed by atoms with Crippen LogP contribution in [0.4, 0.5) is 5.69 Å². The lowest BCUT2D eigenvalue weighted by molar-refractivity contribution is 0.311. The van der Waals surface area contributed by atoms with Crippen LogP contribution in [0.5, 0.6) is 11.5 Å². The predicted octanol–water partition coefficient (Wildman–Crippen LogP) is 1.94. The van der Waals surface area contributed by atoms with Gasteiger partial charge in [-0.2, -0.15) is 0 Å². The number of ether oxygens (including phenoxy) is 2. The molecule has 1 aromatic rings. The Morgan fingerprint density at radius 2 is 2.05 bits per heavy atom. The van der Waals surface area contributed by atoms with Crippen molar-refractivity contribution in [2.45, 2.75) is 6.92 Å². The summed E-state index contributed by atoms with van der Waals surface area (Å²) in [6.45, 7) is 4.27. The van der Waals surface area contributed by atoms with Crippen LogP contribution in [0.2, 0.25) is 0 Å². The zero-order valence-corrected chi connectivity index (χ0v) is 13.3. The highest BCUT2D eigenvalue weighted by molar-refractivity contribution is 7.80. The monoisotopic (exact) mass is 297 g/mol. The quantitative estimate of drug-likeness (QED) is 0.750. The lowest BCUT2D eigenvalue weighted by Crippen LogP contribution is -2.34. The number of rotatable bonds is 7. The van der Waals surface area contributed by atoms with Crippen LogP contribution in [-0.2, 0) is 0 Å². The minimum absolute atomic E-state index is 0.595. The third-order valence-electron chi connectivity index (χ3n) is 2.57. The predicted molar refractivity (Wildman–Crippen MR) is 86.9 cm³/mol. The van der Waals surface area contributed by atoms with Gasteiger partial charge in [0.25, 0.3) is 0 Å². The molecule has 0 spiro atoms. The van der Waals surface area contributed by atoms with Crippen molar-refractivity contribution in [1.29, 1.82) is 0 Å². The van der Waals surface area contributed by atoms with Crippen LogP contribution in [-0.4, -0.2) is 50.9 Å². The summed E-state index contributed by atoms with van der Waals surface area (Å²) in [5, 5.41) is 6.87. The normalized spacial score (nSPS) is 10.2. The average Bonchev–Trinajstić information content (AvgIpc) is 2.40. The maximum atomic E-state index is 5.47. The zero-order valence-electron chi connectivity index (χ0n) is 12.5. The van der Waals surface area contributed by atoms with E-state index in [1.807, 2.05) is 39.2 Å². The Kier molecular flexibility index (Phi) is 7.11. The summed E-state index contributed by atoms with van der Waals surface area (Å²) < 4.78 is 10.8. The van der Waals surface area contributed by atoms with Crippen molar-refractivity contribution < 1.29 is 9.47 Å². The molecule has 0 saturated carbocycles. The molecule has 6 heteroatoms. The smallest absolute Gasteiger partial charge is 0.170 e. The third kappa shape index (κ3) is 5.63. The number of benzene rings is 1. The van der Waals surface area contributed by atoms with Crippen molar-refractivity contribution in [3.63, 3.8) is 0 Å².